The number of aryl methyl sites for hydroxylation is 1. The molecule has 1 rings (SSSR count). The predicted octanol–water partition coefficient (Wildman–Crippen LogP) is 2.94. The molecule has 3 heteroatoms. The van der Waals surface area contributed by atoms with E-state index in [1.807, 2.05) is 25.1 Å². The van der Waals surface area contributed by atoms with Crippen LogP contribution in [0.25, 0.3) is 0 Å². The first-order valence-corrected chi connectivity index (χ1v) is 4.90. The maximum absolute atomic E-state index is 10.8. The summed E-state index contributed by atoms with van der Waals surface area (Å²) in [5.41, 5.74) is 1.03. The highest BCUT2D eigenvalue weighted by Crippen LogP contribution is 2.29. The fraction of sp³-hybridized carbons (Fsp3) is 0.300. The van der Waals surface area contributed by atoms with Crippen LogP contribution < -0.4 is 4.74 Å². The van der Waals surface area contributed by atoms with Crippen molar-refractivity contribution in [1.82, 2.24) is 0 Å². The fourth-order valence-corrected chi connectivity index (χ4v) is 1.58. The van der Waals surface area contributed by atoms with Gasteiger partial charge in [-0.15, -0.1) is 0 Å². The fourth-order valence-electron chi connectivity index (χ4n) is 1.09. The molecule has 0 heterocycles. The van der Waals surface area contributed by atoms with Crippen LogP contribution in [0.2, 0.25) is 0 Å². The first kappa shape index (κ1) is 10.3. The average molecular weight is 243 g/mol. The third-order valence-electron chi connectivity index (χ3n) is 1.68. The van der Waals surface area contributed by atoms with Crippen molar-refractivity contribution in [2.45, 2.75) is 20.3 Å². The molecule has 2 nitrogen and oxygen atoms in total. The number of para-hydroxylation sites is 1. The Morgan fingerprint density at radius 2 is 2.23 bits per heavy atom. The average Bonchev–Trinajstić information content (AvgIpc) is 2.08. The van der Waals surface area contributed by atoms with Gasteiger partial charge in [-0.25, -0.2) is 0 Å². The molecule has 1 aromatic carbocycles. The normalized spacial score (nSPS) is 9.77. The van der Waals surface area contributed by atoms with Crippen LogP contribution in [0.15, 0.2) is 22.7 Å². The van der Waals surface area contributed by atoms with Gasteiger partial charge in [0.1, 0.15) is 5.75 Å². The van der Waals surface area contributed by atoms with Crippen LogP contribution in [0, 0.1) is 0 Å². The van der Waals surface area contributed by atoms with Gasteiger partial charge in [-0.1, -0.05) is 19.1 Å². The van der Waals surface area contributed by atoms with E-state index < -0.39 is 0 Å². The Hall–Kier alpha value is -0.830. The van der Waals surface area contributed by atoms with Crippen molar-refractivity contribution >= 4 is 21.9 Å². The van der Waals surface area contributed by atoms with E-state index in [1.54, 1.807) is 0 Å². The van der Waals surface area contributed by atoms with Crippen molar-refractivity contribution in [2.24, 2.45) is 0 Å². The maximum atomic E-state index is 10.8. The highest BCUT2D eigenvalue weighted by atomic mass is 79.9. The Morgan fingerprint density at radius 1 is 1.54 bits per heavy atom. The van der Waals surface area contributed by atoms with E-state index in [4.69, 9.17) is 4.74 Å². The third kappa shape index (κ3) is 2.56. The minimum Gasteiger partial charge on any atom is -0.425 e. The van der Waals surface area contributed by atoms with Crippen molar-refractivity contribution in [1.29, 1.82) is 0 Å². The van der Waals surface area contributed by atoms with E-state index in [0.29, 0.717) is 5.75 Å². The molecule has 0 spiro atoms. The molecule has 13 heavy (non-hydrogen) atoms. The summed E-state index contributed by atoms with van der Waals surface area (Å²) in [5.74, 6) is 0.346. The van der Waals surface area contributed by atoms with Gasteiger partial charge in [0.2, 0.25) is 0 Å². The summed E-state index contributed by atoms with van der Waals surface area (Å²) < 4.78 is 5.90. The Labute approximate surface area is 86.0 Å². The minimum atomic E-state index is -0.290. The number of hydrogen-bond donors (Lipinski definition) is 0. The van der Waals surface area contributed by atoms with E-state index in [-0.39, 0.29) is 5.97 Å². The summed E-state index contributed by atoms with van der Waals surface area (Å²) in [6.45, 7) is 3.42. The zero-order valence-corrected chi connectivity index (χ0v) is 9.22. The molecule has 0 aliphatic heterocycles. The van der Waals surface area contributed by atoms with Gasteiger partial charge in [-0.2, -0.15) is 0 Å². The molecular weight excluding hydrogens is 232 g/mol. The van der Waals surface area contributed by atoms with Gasteiger partial charge >= 0.3 is 5.97 Å². The second-order valence-corrected chi connectivity index (χ2v) is 3.53. The largest absolute Gasteiger partial charge is 0.425 e. The van der Waals surface area contributed by atoms with Crippen LogP contribution in [-0.2, 0) is 11.2 Å². The number of rotatable bonds is 2. The number of ether oxygens (including phenoxy) is 1. The van der Waals surface area contributed by atoms with Gasteiger partial charge in [-0.05, 0) is 34.0 Å². The number of hydrogen-bond acceptors (Lipinski definition) is 2. The molecule has 0 unspecified atom stereocenters. The molecule has 1 aromatic rings. The molecule has 0 aromatic heterocycles. The second-order valence-electron chi connectivity index (χ2n) is 2.68. The summed E-state index contributed by atoms with van der Waals surface area (Å²) in [4.78, 5) is 10.8. The Kier molecular flexibility index (Phi) is 3.48. The van der Waals surface area contributed by atoms with Gasteiger partial charge in [0.05, 0.1) is 4.47 Å². The molecule has 0 aliphatic rings. The molecule has 0 radical (unpaired) electrons. The number of esters is 1. The van der Waals surface area contributed by atoms with Crippen LogP contribution >= 0.6 is 15.9 Å². The van der Waals surface area contributed by atoms with Crippen molar-refractivity contribution in [3.05, 3.63) is 28.2 Å². The topological polar surface area (TPSA) is 26.3 Å². The molecule has 0 saturated carbocycles. The molecule has 0 amide bonds. The van der Waals surface area contributed by atoms with E-state index in [2.05, 4.69) is 15.9 Å². The quantitative estimate of drug-likeness (QED) is 0.589. The third-order valence-corrected chi connectivity index (χ3v) is 2.30. The number of carbonyl (C=O) groups excluding carboxylic acids is 1. The highest BCUT2D eigenvalue weighted by Gasteiger charge is 2.08. The summed E-state index contributed by atoms with van der Waals surface area (Å²) in [7, 11) is 0. The Balaban J connectivity index is 3.07. The molecule has 0 saturated heterocycles. The molecule has 70 valence electrons. The van der Waals surface area contributed by atoms with Gasteiger partial charge in [0.25, 0.3) is 0 Å². The Morgan fingerprint density at radius 3 is 2.77 bits per heavy atom. The summed E-state index contributed by atoms with van der Waals surface area (Å²) in [5, 5.41) is 0. The molecular formula is C10H11BrO2. The van der Waals surface area contributed by atoms with Gasteiger partial charge < -0.3 is 4.74 Å². The lowest BCUT2D eigenvalue weighted by Gasteiger charge is -2.08. The summed E-state index contributed by atoms with van der Waals surface area (Å²) >= 11 is 3.34. The van der Waals surface area contributed by atoms with Crippen molar-refractivity contribution in [3.8, 4) is 5.75 Å². The standard InChI is InChI=1S/C10H11BrO2/c1-3-8-5-4-6-9(11)10(8)13-7(2)12/h4-6H,3H2,1-2H3. The molecule has 0 bridgehead atoms. The second kappa shape index (κ2) is 4.42. The van der Waals surface area contributed by atoms with Crippen LogP contribution in [0.4, 0.5) is 0 Å². The van der Waals surface area contributed by atoms with Crippen LogP contribution in [0.5, 0.6) is 5.75 Å². The van der Waals surface area contributed by atoms with Gasteiger partial charge in [-0.3, -0.25) is 4.79 Å². The lowest BCUT2D eigenvalue weighted by Crippen LogP contribution is -2.04. The monoisotopic (exact) mass is 242 g/mol. The minimum absolute atomic E-state index is 0.290. The van der Waals surface area contributed by atoms with E-state index in [0.717, 1.165) is 16.5 Å². The molecule has 0 fully saturated rings. The molecule has 0 N–H and O–H groups in total. The molecule has 0 aliphatic carbocycles. The number of carbonyl (C=O) groups is 1. The highest BCUT2D eigenvalue weighted by molar-refractivity contribution is 9.10. The van der Waals surface area contributed by atoms with E-state index in [1.165, 1.54) is 6.92 Å². The first-order valence-electron chi connectivity index (χ1n) is 4.11. The summed E-state index contributed by atoms with van der Waals surface area (Å²) in [6.07, 6.45) is 0.849. The number of halogens is 1. The maximum Gasteiger partial charge on any atom is 0.308 e. The predicted molar refractivity (Wildman–Crippen MR) is 54.8 cm³/mol. The van der Waals surface area contributed by atoms with Crippen molar-refractivity contribution in [2.75, 3.05) is 0 Å². The zero-order chi connectivity index (χ0) is 9.84. The van der Waals surface area contributed by atoms with Gasteiger partial charge in [0.15, 0.2) is 0 Å². The Bertz CT molecular complexity index is 321. The van der Waals surface area contributed by atoms with Crippen LogP contribution in [0.3, 0.4) is 0 Å². The van der Waals surface area contributed by atoms with Crippen molar-refractivity contribution < 1.29 is 9.53 Å². The van der Waals surface area contributed by atoms with Crippen LogP contribution in [0.1, 0.15) is 19.4 Å². The first-order chi connectivity index (χ1) is 6.15. The van der Waals surface area contributed by atoms with E-state index >= 15 is 0 Å². The number of benzene rings is 1. The summed E-state index contributed by atoms with van der Waals surface area (Å²) in [6, 6.07) is 5.73. The lowest BCUT2D eigenvalue weighted by atomic mass is 10.1. The van der Waals surface area contributed by atoms with E-state index in [9.17, 15) is 4.79 Å². The SMILES string of the molecule is CCc1cccc(Br)c1OC(C)=O. The van der Waals surface area contributed by atoms with Gasteiger partial charge in [0, 0.05) is 6.92 Å². The van der Waals surface area contributed by atoms with Crippen molar-refractivity contribution in [3.63, 3.8) is 0 Å². The zero-order valence-electron chi connectivity index (χ0n) is 7.63. The lowest BCUT2D eigenvalue weighted by molar-refractivity contribution is -0.131. The van der Waals surface area contributed by atoms with Crippen LogP contribution in [-0.4, -0.2) is 5.97 Å². The smallest absolute Gasteiger partial charge is 0.308 e. The molecule has 0 atom stereocenters.